The molecule has 216 valence electrons. The maximum Gasteiger partial charge on any atom is 0.226 e. The third-order valence-electron chi connectivity index (χ3n) is 9.56. The lowest BCUT2D eigenvalue weighted by Crippen LogP contribution is -2.32. The highest BCUT2D eigenvalue weighted by Crippen LogP contribution is 2.39. The van der Waals surface area contributed by atoms with Gasteiger partial charge in [0, 0.05) is 24.9 Å². The van der Waals surface area contributed by atoms with Crippen LogP contribution in [0.2, 0.25) is 0 Å². The van der Waals surface area contributed by atoms with Crippen LogP contribution in [-0.4, -0.2) is 54.6 Å². The molecule has 2 saturated heterocycles. The summed E-state index contributed by atoms with van der Waals surface area (Å²) in [7, 11) is 0. The van der Waals surface area contributed by atoms with E-state index >= 15 is 0 Å². The van der Waals surface area contributed by atoms with Gasteiger partial charge in [0.25, 0.3) is 0 Å². The number of fused-ring (bicyclic) bond motifs is 2. The van der Waals surface area contributed by atoms with E-state index in [0.29, 0.717) is 11.8 Å². The minimum Gasteiger partial charge on any atom is -0.340 e. The SMILES string of the molecule is O=C(C1CC1)N1CCC[C@@H]1c1nc2ccc(C/C=C/Cc3ccc4nc([C@H]5CCCN5C(=O)C5CC5)[nH]c4c3)cc2[nH]1. The molecule has 2 aromatic carbocycles. The number of imidazole rings is 2. The van der Waals surface area contributed by atoms with E-state index in [1.54, 1.807) is 0 Å². The van der Waals surface area contributed by atoms with Gasteiger partial charge in [-0.3, -0.25) is 9.59 Å². The molecule has 2 saturated carbocycles. The number of nitrogens with zero attached hydrogens (tertiary/aromatic N) is 4. The van der Waals surface area contributed by atoms with Gasteiger partial charge in [-0.05, 0) is 99.6 Å². The summed E-state index contributed by atoms with van der Waals surface area (Å²) >= 11 is 0. The molecule has 0 unspecified atom stereocenters. The Morgan fingerprint density at radius 3 is 1.57 bits per heavy atom. The van der Waals surface area contributed by atoms with Crippen LogP contribution in [0.25, 0.3) is 22.1 Å². The second-order valence-electron chi connectivity index (χ2n) is 12.8. The number of hydrogen-bond acceptors (Lipinski definition) is 4. The second-order valence-corrected chi connectivity index (χ2v) is 12.8. The summed E-state index contributed by atoms with van der Waals surface area (Å²) in [6.07, 6.45) is 14.4. The van der Waals surface area contributed by atoms with E-state index < -0.39 is 0 Å². The number of amides is 2. The number of aromatic amines is 2. The zero-order chi connectivity index (χ0) is 28.2. The van der Waals surface area contributed by atoms with E-state index in [0.717, 1.165) is 111 Å². The van der Waals surface area contributed by atoms with Crippen molar-refractivity contribution >= 4 is 33.9 Å². The van der Waals surface area contributed by atoms with Gasteiger partial charge in [-0.25, -0.2) is 9.97 Å². The molecule has 4 aliphatic rings. The Morgan fingerprint density at radius 2 is 1.14 bits per heavy atom. The number of allylic oxidation sites excluding steroid dienone is 2. The van der Waals surface area contributed by atoms with Crippen LogP contribution >= 0.6 is 0 Å². The van der Waals surface area contributed by atoms with Crippen LogP contribution in [0.4, 0.5) is 0 Å². The van der Waals surface area contributed by atoms with Crippen molar-refractivity contribution in [3.8, 4) is 0 Å². The molecular weight excluding hydrogens is 524 g/mol. The first-order valence-electron chi connectivity index (χ1n) is 15.8. The maximum absolute atomic E-state index is 12.7. The molecule has 2 amide bonds. The number of aromatic nitrogens is 4. The van der Waals surface area contributed by atoms with E-state index in [4.69, 9.17) is 9.97 Å². The van der Waals surface area contributed by atoms with Gasteiger partial charge < -0.3 is 19.8 Å². The fraction of sp³-hybridized carbons (Fsp3) is 0.471. The molecule has 4 heterocycles. The first-order chi connectivity index (χ1) is 20.6. The molecular formula is C34H38N6O2. The van der Waals surface area contributed by atoms with Gasteiger partial charge in [-0.1, -0.05) is 24.3 Å². The van der Waals surface area contributed by atoms with Crippen LogP contribution in [0.3, 0.4) is 0 Å². The summed E-state index contributed by atoms with van der Waals surface area (Å²) < 4.78 is 0. The molecule has 2 atom stereocenters. The average Bonchev–Trinajstić information content (AvgIpc) is 3.80. The Bertz CT molecular complexity index is 1570. The lowest BCUT2D eigenvalue weighted by Gasteiger charge is -2.23. The zero-order valence-electron chi connectivity index (χ0n) is 24.0. The van der Waals surface area contributed by atoms with Crippen LogP contribution in [0.5, 0.6) is 0 Å². The van der Waals surface area contributed by atoms with Crippen LogP contribution < -0.4 is 0 Å². The highest BCUT2D eigenvalue weighted by molar-refractivity contribution is 5.83. The van der Waals surface area contributed by atoms with E-state index in [1.165, 1.54) is 11.1 Å². The Balaban J connectivity index is 0.912. The lowest BCUT2D eigenvalue weighted by atomic mass is 10.1. The Hall–Kier alpha value is -3.94. The monoisotopic (exact) mass is 562 g/mol. The van der Waals surface area contributed by atoms with Crippen molar-refractivity contribution < 1.29 is 9.59 Å². The van der Waals surface area contributed by atoms with Crippen molar-refractivity contribution in [1.82, 2.24) is 29.7 Å². The molecule has 4 aromatic rings. The third-order valence-corrected chi connectivity index (χ3v) is 9.56. The molecule has 42 heavy (non-hydrogen) atoms. The van der Waals surface area contributed by atoms with Gasteiger partial charge in [-0.15, -0.1) is 0 Å². The summed E-state index contributed by atoms with van der Waals surface area (Å²) in [4.78, 5) is 46.4. The molecule has 2 aromatic heterocycles. The van der Waals surface area contributed by atoms with Gasteiger partial charge in [0.15, 0.2) is 0 Å². The summed E-state index contributed by atoms with van der Waals surface area (Å²) in [5.41, 5.74) is 6.49. The van der Waals surface area contributed by atoms with Crippen LogP contribution in [0.1, 0.15) is 86.2 Å². The zero-order valence-corrected chi connectivity index (χ0v) is 24.0. The smallest absolute Gasteiger partial charge is 0.226 e. The van der Waals surface area contributed by atoms with Gasteiger partial charge >= 0.3 is 0 Å². The summed E-state index contributed by atoms with van der Waals surface area (Å²) in [6, 6.07) is 13.0. The van der Waals surface area contributed by atoms with Crippen molar-refractivity contribution in [3.05, 3.63) is 71.3 Å². The minimum absolute atomic E-state index is 0.0828. The molecule has 2 aliphatic heterocycles. The molecule has 2 aliphatic carbocycles. The fourth-order valence-corrected chi connectivity index (χ4v) is 6.92. The van der Waals surface area contributed by atoms with Crippen molar-refractivity contribution in [2.24, 2.45) is 11.8 Å². The number of carbonyl (C=O) groups is 2. The van der Waals surface area contributed by atoms with Gasteiger partial charge in [-0.2, -0.15) is 0 Å². The van der Waals surface area contributed by atoms with Crippen LogP contribution in [0, 0.1) is 11.8 Å². The normalized spacial score (nSPS) is 22.8. The second kappa shape index (κ2) is 10.4. The van der Waals surface area contributed by atoms with Crippen LogP contribution in [-0.2, 0) is 22.4 Å². The van der Waals surface area contributed by atoms with Crippen molar-refractivity contribution in [2.45, 2.75) is 76.3 Å². The average molecular weight is 563 g/mol. The van der Waals surface area contributed by atoms with Crippen molar-refractivity contribution in [2.75, 3.05) is 13.1 Å². The molecule has 0 spiro atoms. The number of H-pyrrole nitrogens is 2. The first-order valence-corrected chi connectivity index (χ1v) is 15.8. The Kier molecular flexibility index (Phi) is 6.38. The summed E-state index contributed by atoms with van der Waals surface area (Å²) in [5, 5.41) is 0. The van der Waals surface area contributed by atoms with Crippen LogP contribution in [0.15, 0.2) is 48.6 Å². The van der Waals surface area contributed by atoms with Crippen molar-refractivity contribution in [1.29, 1.82) is 0 Å². The van der Waals surface area contributed by atoms with E-state index in [2.05, 4.69) is 68.3 Å². The molecule has 8 rings (SSSR count). The van der Waals surface area contributed by atoms with E-state index in [9.17, 15) is 9.59 Å². The van der Waals surface area contributed by atoms with Gasteiger partial charge in [0.2, 0.25) is 11.8 Å². The number of hydrogen-bond donors (Lipinski definition) is 2. The quantitative estimate of drug-likeness (QED) is 0.260. The predicted molar refractivity (Wildman–Crippen MR) is 162 cm³/mol. The third kappa shape index (κ3) is 4.91. The molecule has 8 heteroatoms. The maximum atomic E-state index is 12.7. The topological polar surface area (TPSA) is 98.0 Å². The standard InChI is InChI=1S/C34H38N6O2/c41-33(23-11-12-23)39-17-3-7-29(39)31-35-25-15-9-21(19-27(25)37-31)5-1-2-6-22-10-16-26-28(20-22)38-32(36-26)30-8-4-18-40(30)34(42)24-13-14-24/h1-2,9-10,15-16,19-20,23-24,29-30H,3-8,11-14,17-18H2,(H,35,37)(H,36,38)/b2-1+/t29-,30-/m1/s1. The van der Waals surface area contributed by atoms with Crippen molar-refractivity contribution in [3.63, 3.8) is 0 Å². The molecule has 0 bridgehead atoms. The number of likely N-dealkylation sites (tertiary alicyclic amines) is 2. The molecule has 4 fully saturated rings. The highest BCUT2D eigenvalue weighted by Gasteiger charge is 2.41. The minimum atomic E-state index is 0.0828. The largest absolute Gasteiger partial charge is 0.340 e. The summed E-state index contributed by atoms with van der Waals surface area (Å²) in [5.74, 6) is 2.99. The Morgan fingerprint density at radius 1 is 0.690 bits per heavy atom. The summed E-state index contributed by atoms with van der Waals surface area (Å²) in [6.45, 7) is 1.70. The molecule has 2 N–H and O–H groups in total. The number of benzene rings is 2. The van der Waals surface area contributed by atoms with E-state index in [1.807, 2.05) is 0 Å². The number of carbonyl (C=O) groups excluding carboxylic acids is 2. The fourth-order valence-electron chi connectivity index (χ4n) is 6.92. The van der Waals surface area contributed by atoms with E-state index in [-0.39, 0.29) is 23.9 Å². The first kappa shape index (κ1) is 25.7. The van der Waals surface area contributed by atoms with Gasteiger partial charge in [0.1, 0.15) is 11.6 Å². The number of nitrogens with one attached hydrogen (secondary N) is 2. The highest BCUT2D eigenvalue weighted by atomic mass is 16.2. The Labute approximate surface area is 245 Å². The number of rotatable bonds is 8. The predicted octanol–water partition coefficient (Wildman–Crippen LogP) is 5.93. The van der Waals surface area contributed by atoms with Gasteiger partial charge in [0.05, 0.1) is 34.2 Å². The molecule has 0 radical (unpaired) electrons. The molecule has 8 nitrogen and oxygen atoms in total. The lowest BCUT2D eigenvalue weighted by molar-refractivity contribution is -0.134.